The van der Waals surface area contributed by atoms with Crippen molar-refractivity contribution in [2.45, 2.75) is 83.0 Å². The van der Waals surface area contributed by atoms with E-state index in [4.69, 9.17) is 0 Å². The Kier molecular flexibility index (Phi) is 8.27. The summed E-state index contributed by atoms with van der Waals surface area (Å²) in [4.78, 5) is 0.355. The van der Waals surface area contributed by atoms with Gasteiger partial charge in [-0.3, -0.25) is 0 Å². The molecule has 0 aliphatic heterocycles. The molecule has 3 nitrogen and oxygen atoms in total. The van der Waals surface area contributed by atoms with Crippen LogP contribution in [0.3, 0.4) is 0 Å². The van der Waals surface area contributed by atoms with Gasteiger partial charge in [0.25, 0.3) is 0 Å². The summed E-state index contributed by atoms with van der Waals surface area (Å²) in [5, 5.41) is 0. The summed E-state index contributed by atoms with van der Waals surface area (Å²) >= 11 is 0. The van der Waals surface area contributed by atoms with E-state index >= 15 is 0 Å². The van der Waals surface area contributed by atoms with Crippen LogP contribution < -0.4 is 4.72 Å². The largest absolute Gasteiger partial charge is 0.240 e. The second-order valence-electron chi connectivity index (χ2n) is 7.29. The van der Waals surface area contributed by atoms with E-state index in [0.29, 0.717) is 11.4 Å². The van der Waals surface area contributed by atoms with Crippen LogP contribution in [0, 0.1) is 0 Å². The van der Waals surface area contributed by atoms with Crippen molar-refractivity contribution in [1.82, 2.24) is 4.72 Å². The summed E-state index contributed by atoms with van der Waals surface area (Å²) in [6.45, 7) is 9.10. The third-order valence-corrected chi connectivity index (χ3v) is 5.58. The minimum atomic E-state index is -3.37. The van der Waals surface area contributed by atoms with Crippen LogP contribution in [0.1, 0.15) is 78.2 Å². The van der Waals surface area contributed by atoms with Crippen molar-refractivity contribution in [3.8, 4) is 0 Å². The van der Waals surface area contributed by atoms with Gasteiger partial charge in [-0.25, -0.2) is 13.1 Å². The van der Waals surface area contributed by atoms with E-state index in [0.717, 1.165) is 18.4 Å². The lowest BCUT2D eigenvalue weighted by molar-refractivity contribution is 0.563. The highest BCUT2D eigenvalue weighted by molar-refractivity contribution is 7.89. The molecular formula is C19H33NO2S. The average molecular weight is 340 g/mol. The molecule has 0 fully saturated rings. The van der Waals surface area contributed by atoms with Crippen molar-refractivity contribution in [3.63, 3.8) is 0 Å². The molecule has 132 valence electrons. The number of rotatable bonds is 10. The predicted octanol–water partition coefficient (Wildman–Crippen LogP) is 5.01. The number of hydrogen-bond donors (Lipinski definition) is 1. The standard InChI is InChI=1S/C19H33NO2S/c1-5-6-7-8-9-10-11-16-20-23(21,22)18-14-12-17(13-15-18)19(2,3)4/h12-15,20H,5-11,16H2,1-4H3. The van der Waals surface area contributed by atoms with E-state index in [1.54, 1.807) is 12.1 Å². The van der Waals surface area contributed by atoms with Crippen LogP contribution >= 0.6 is 0 Å². The smallest absolute Gasteiger partial charge is 0.211 e. The highest BCUT2D eigenvalue weighted by atomic mass is 32.2. The minimum absolute atomic E-state index is 0.0352. The Bertz CT molecular complexity index is 542. The monoisotopic (exact) mass is 339 g/mol. The summed E-state index contributed by atoms with van der Waals surface area (Å²) in [6.07, 6.45) is 8.31. The van der Waals surface area contributed by atoms with Gasteiger partial charge in [-0.05, 0) is 29.5 Å². The summed E-state index contributed by atoms with van der Waals surface area (Å²) in [5.74, 6) is 0. The number of nitrogens with one attached hydrogen (secondary N) is 1. The van der Waals surface area contributed by atoms with Gasteiger partial charge in [-0.1, -0.05) is 78.4 Å². The van der Waals surface area contributed by atoms with Crippen molar-refractivity contribution >= 4 is 10.0 Å². The second-order valence-corrected chi connectivity index (χ2v) is 9.06. The Hall–Kier alpha value is -0.870. The van der Waals surface area contributed by atoms with Gasteiger partial charge in [0.2, 0.25) is 10.0 Å². The van der Waals surface area contributed by atoms with Crippen molar-refractivity contribution in [2.75, 3.05) is 6.54 Å². The lowest BCUT2D eigenvalue weighted by Crippen LogP contribution is -2.25. The zero-order chi connectivity index (χ0) is 17.3. The van der Waals surface area contributed by atoms with E-state index in [9.17, 15) is 8.42 Å². The van der Waals surface area contributed by atoms with E-state index < -0.39 is 10.0 Å². The van der Waals surface area contributed by atoms with Crippen LogP contribution in [0.5, 0.6) is 0 Å². The molecule has 0 bridgehead atoms. The Balaban J connectivity index is 2.38. The van der Waals surface area contributed by atoms with Gasteiger partial charge in [0, 0.05) is 6.54 Å². The molecule has 23 heavy (non-hydrogen) atoms. The molecule has 4 heteroatoms. The van der Waals surface area contributed by atoms with E-state index in [2.05, 4.69) is 32.4 Å². The molecule has 0 atom stereocenters. The van der Waals surface area contributed by atoms with Gasteiger partial charge < -0.3 is 0 Å². The Morgan fingerprint density at radius 1 is 0.870 bits per heavy atom. The molecule has 1 rings (SSSR count). The van der Waals surface area contributed by atoms with Crippen LogP contribution in [-0.4, -0.2) is 15.0 Å². The van der Waals surface area contributed by atoms with Gasteiger partial charge in [-0.2, -0.15) is 0 Å². The number of benzene rings is 1. The van der Waals surface area contributed by atoms with Crippen LogP contribution in [0.15, 0.2) is 29.2 Å². The van der Waals surface area contributed by atoms with Crippen LogP contribution in [0.25, 0.3) is 0 Å². The van der Waals surface area contributed by atoms with Gasteiger partial charge in [0.05, 0.1) is 4.90 Å². The minimum Gasteiger partial charge on any atom is -0.211 e. The normalized spacial score (nSPS) is 12.5. The van der Waals surface area contributed by atoms with Crippen molar-refractivity contribution in [3.05, 3.63) is 29.8 Å². The fourth-order valence-corrected chi connectivity index (χ4v) is 3.58. The van der Waals surface area contributed by atoms with Gasteiger partial charge in [0.1, 0.15) is 0 Å². The Morgan fingerprint density at radius 2 is 1.39 bits per heavy atom. The molecule has 1 aromatic rings. The molecule has 0 heterocycles. The summed E-state index contributed by atoms with van der Waals surface area (Å²) in [5.41, 5.74) is 1.18. The maximum Gasteiger partial charge on any atom is 0.240 e. The fourth-order valence-electron chi connectivity index (χ4n) is 2.51. The van der Waals surface area contributed by atoms with Crippen molar-refractivity contribution < 1.29 is 8.42 Å². The van der Waals surface area contributed by atoms with Gasteiger partial charge in [0.15, 0.2) is 0 Å². The molecule has 0 aliphatic rings. The number of hydrogen-bond acceptors (Lipinski definition) is 2. The predicted molar refractivity (Wildman–Crippen MR) is 98.3 cm³/mol. The molecule has 1 N–H and O–H groups in total. The Morgan fingerprint density at radius 3 is 1.91 bits per heavy atom. The maximum absolute atomic E-state index is 12.3. The molecule has 0 aromatic heterocycles. The summed E-state index contributed by atoms with van der Waals surface area (Å²) in [6, 6.07) is 7.21. The lowest BCUT2D eigenvalue weighted by Gasteiger charge is -2.19. The summed E-state index contributed by atoms with van der Waals surface area (Å²) in [7, 11) is -3.37. The van der Waals surface area contributed by atoms with Crippen LogP contribution in [-0.2, 0) is 15.4 Å². The van der Waals surface area contributed by atoms with E-state index in [1.165, 1.54) is 32.1 Å². The fraction of sp³-hybridized carbons (Fsp3) is 0.684. The Labute approximate surface area is 142 Å². The first-order valence-corrected chi connectivity index (χ1v) is 10.4. The van der Waals surface area contributed by atoms with Gasteiger partial charge in [-0.15, -0.1) is 0 Å². The molecule has 0 spiro atoms. The first kappa shape index (κ1) is 20.2. The molecule has 0 saturated heterocycles. The number of unbranched alkanes of at least 4 members (excludes halogenated alkanes) is 6. The van der Waals surface area contributed by atoms with Crippen LogP contribution in [0.2, 0.25) is 0 Å². The molecule has 0 saturated carbocycles. The zero-order valence-electron chi connectivity index (χ0n) is 15.2. The summed E-state index contributed by atoms with van der Waals surface area (Å²) < 4.78 is 27.2. The number of sulfonamides is 1. The third-order valence-electron chi connectivity index (χ3n) is 4.10. The zero-order valence-corrected chi connectivity index (χ0v) is 16.0. The quantitative estimate of drug-likeness (QED) is 0.609. The van der Waals surface area contributed by atoms with Crippen molar-refractivity contribution in [1.29, 1.82) is 0 Å². The lowest BCUT2D eigenvalue weighted by atomic mass is 9.87. The van der Waals surface area contributed by atoms with Gasteiger partial charge >= 0.3 is 0 Å². The second kappa shape index (κ2) is 9.43. The molecule has 0 radical (unpaired) electrons. The van der Waals surface area contributed by atoms with E-state index in [1.807, 2.05) is 12.1 Å². The molecule has 0 unspecified atom stereocenters. The first-order valence-electron chi connectivity index (χ1n) is 8.87. The molecule has 0 aliphatic carbocycles. The highest BCUT2D eigenvalue weighted by Crippen LogP contribution is 2.23. The molecule has 1 aromatic carbocycles. The van der Waals surface area contributed by atoms with Crippen molar-refractivity contribution in [2.24, 2.45) is 0 Å². The van der Waals surface area contributed by atoms with E-state index in [-0.39, 0.29) is 5.41 Å². The maximum atomic E-state index is 12.3. The SMILES string of the molecule is CCCCCCCCCNS(=O)(=O)c1ccc(C(C)(C)C)cc1. The van der Waals surface area contributed by atoms with Crippen LogP contribution in [0.4, 0.5) is 0 Å². The molecule has 0 amide bonds. The highest BCUT2D eigenvalue weighted by Gasteiger charge is 2.17. The third kappa shape index (κ3) is 7.49. The topological polar surface area (TPSA) is 46.2 Å². The first-order chi connectivity index (χ1) is 10.8. The average Bonchev–Trinajstić information content (AvgIpc) is 2.49. The molecular weight excluding hydrogens is 306 g/mol.